The monoisotopic (exact) mass is 405 g/mol. The van der Waals surface area contributed by atoms with Gasteiger partial charge in [-0.2, -0.15) is 5.10 Å². The van der Waals surface area contributed by atoms with Gasteiger partial charge in [-0.15, -0.1) is 0 Å². The van der Waals surface area contributed by atoms with E-state index in [0.717, 1.165) is 28.5 Å². The molecule has 0 saturated heterocycles. The molecular weight excluding hydrogens is 378 g/mol. The number of benzene rings is 1. The van der Waals surface area contributed by atoms with E-state index in [9.17, 15) is 4.79 Å². The quantitative estimate of drug-likeness (QED) is 0.786. The van der Waals surface area contributed by atoms with Gasteiger partial charge >= 0.3 is 0 Å². The molecule has 1 N–H and O–H groups in total. The van der Waals surface area contributed by atoms with Gasteiger partial charge in [0, 0.05) is 0 Å². The van der Waals surface area contributed by atoms with Gasteiger partial charge in [0.2, 0.25) is 5.91 Å². The average molecular weight is 406 g/mol. The van der Waals surface area contributed by atoms with Crippen LogP contribution in [0.25, 0.3) is 0 Å². The van der Waals surface area contributed by atoms with Gasteiger partial charge in [-0.3, -0.25) is 9.48 Å². The number of amides is 1. The van der Waals surface area contributed by atoms with E-state index < -0.39 is 0 Å². The third kappa shape index (κ3) is 4.27. The van der Waals surface area contributed by atoms with Crippen LogP contribution < -0.4 is 14.8 Å². The summed E-state index contributed by atoms with van der Waals surface area (Å²) in [5, 5.41) is 8.27. The molecule has 2 aromatic rings. The van der Waals surface area contributed by atoms with E-state index in [1.807, 2.05) is 39.0 Å². The van der Waals surface area contributed by atoms with Gasteiger partial charge < -0.3 is 14.8 Å². The lowest BCUT2D eigenvalue weighted by Crippen LogP contribution is -2.37. The Labute approximate surface area is 171 Å². The maximum absolute atomic E-state index is 12.9. The molecule has 3 rings (SSSR count). The topological polar surface area (TPSA) is 65.4 Å². The van der Waals surface area contributed by atoms with Crippen LogP contribution in [0.3, 0.4) is 0 Å². The van der Waals surface area contributed by atoms with Gasteiger partial charge in [0.25, 0.3) is 0 Å². The van der Waals surface area contributed by atoms with Crippen molar-refractivity contribution in [1.29, 1.82) is 0 Å². The molecule has 1 aliphatic heterocycles. The number of halogens is 1. The summed E-state index contributed by atoms with van der Waals surface area (Å²) < 4.78 is 13.1. The molecule has 0 unspecified atom stereocenters. The van der Waals surface area contributed by atoms with Crippen molar-refractivity contribution < 1.29 is 14.3 Å². The van der Waals surface area contributed by atoms with Crippen LogP contribution in [-0.4, -0.2) is 28.9 Å². The number of hydrogen-bond acceptors (Lipinski definition) is 4. The van der Waals surface area contributed by atoms with Gasteiger partial charge in [0.1, 0.15) is 13.2 Å². The number of fused-ring (bicyclic) bond motifs is 1. The molecule has 0 fully saturated rings. The van der Waals surface area contributed by atoms with Crippen molar-refractivity contribution in [3.05, 3.63) is 40.2 Å². The Kier molecular flexibility index (Phi) is 6.18. The van der Waals surface area contributed by atoms with Crippen LogP contribution in [0.5, 0.6) is 11.5 Å². The van der Waals surface area contributed by atoms with Gasteiger partial charge in [-0.25, -0.2) is 0 Å². The molecule has 28 heavy (non-hydrogen) atoms. The van der Waals surface area contributed by atoms with Crippen molar-refractivity contribution in [3.8, 4) is 11.5 Å². The summed E-state index contributed by atoms with van der Waals surface area (Å²) in [6, 6.07) is 5.75. The number of carbonyl (C=O) groups is 1. The van der Waals surface area contributed by atoms with Gasteiger partial charge in [-0.1, -0.05) is 38.4 Å². The fourth-order valence-corrected chi connectivity index (χ4v) is 3.51. The molecule has 0 radical (unpaired) electrons. The first-order valence-electron chi connectivity index (χ1n) is 9.67. The van der Waals surface area contributed by atoms with Crippen LogP contribution in [-0.2, 0) is 11.3 Å². The smallest absolute Gasteiger partial charge is 0.225 e. The minimum absolute atomic E-state index is 0.0164. The summed E-state index contributed by atoms with van der Waals surface area (Å²) in [6.07, 6.45) is 0. The third-order valence-electron chi connectivity index (χ3n) is 5.08. The zero-order valence-corrected chi connectivity index (χ0v) is 17.8. The SMILES string of the molecule is Cc1nn(C[C@@H](C)C(=O)N[C@@H](c2ccc3c(c2)OCCO3)C(C)C)c(C)c1Cl. The number of ether oxygens (including phenoxy) is 2. The molecule has 2 atom stereocenters. The Morgan fingerprint density at radius 2 is 1.89 bits per heavy atom. The molecule has 0 bridgehead atoms. The summed E-state index contributed by atoms with van der Waals surface area (Å²) in [5.74, 6) is 1.44. The number of aryl methyl sites for hydroxylation is 1. The minimum Gasteiger partial charge on any atom is -0.486 e. The van der Waals surface area contributed by atoms with Crippen molar-refractivity contribution in [3.63, 3.8) is 0 Å². The van der Waals surface area contributed by atoms with E-state index in [0.29, 0.717) is 24.8 Å². The third-order valence-corrected chi connectivity index (χ3v) is 5.62. The summed E-state index contributed by atoms with van der Waals surface area (Å²) in [4.78, 5) is 12.9. The number of rotatable bonds is 6. The summed E-state index contributed by atoms with van der Waals surface area (Å²) in [7, 11) is 0. The fourth-order valence-electron chi connectivity index (χ4n) is 3.38. The number of carbonyl (C=O) groups excluding carboxylic acids is 1. The standard InChI is InChI=1S/C21H28ClN3O3/c1-12(2)20(16-6-7-17-18(10-16)28-9-8-27-17)23-21(26)13(3)11-25-15(5)19(22)14(4)24-25/h6-7,10,12-13,20H,8-9,11H2,1-5H3,(H,23,26)/t13-,20-/m1/s1. The van der Waals surface area contributed by atoms with E-state index in [-0.39, 0.29) is 23.8 Å². The zero-order chi connectivity index (χ0) is 20.4. The number of hydrogen-bond donors (Lipinski definition) is 1. The highest BCUT2D eigenvalue weighted by Gasteiger charge is 2.24. The average Bonchev–Trinajstić information content (AvgIpc) is 2.91. The van der Waals surface area contributed by atoms with Gasteiger partial charge in [-0.05, 0) is 37.5 Å². The van der Waals surface area contributed by atoms with E-state index in [4.69, 9.17) is 21.1 Å². The zero-order valence-electron chi connectivity index (χ0n) is 17.1. The second kappa shape index (κ2) is 8.43. The van der Waals surface area contributed by atoms with Crippen molar-refractivity contribution >= 4 is 17.5 Å². The number of nitrogens with one attached hydrogen (secondary N) is 1. The first kappa shape index (κ1) is 20.5. The highest BCUT2D eigenvalue weighted by Crippen LogP contribution is 2.34. The Hall–Kier alpha value is -2.21. The fraction of sp³-hybridized carbons (Fsp3) is 0.524. The Bertz CT molecular complexity index is 863. The maximum Gasteiger partial charge on any atom is 0.225 e. The molecule has 1 aromatic carbocycles. The Morgan fingerprint density at radius 1 is 1.21 bits per heavy atom. The van der Waals surface area contributed by atoms with Crippen molar-refractivity contribution in [2.45, 2.75) is 47.2 Å². The van der Waals surface area contributed by atoms with E-state index in [2.05, 4.69) is 24.3 Å². The van der Waals surface area contributed by atoms with E-state index in [1.54, 1.807) is 4.68 Å². The predicted octanol–water partition coefficient (Wildman–Crippen LogP) is 4.07. The number of aromatic nitrogens is 2. The molecule has 1 amide bonds. The molecule has 152 valence electrons. The van der Waals surface area contributed by atoms with E-state index in [1.165, 1.54) is 0 Å². The van der Waals surface area contributed by atoms with Crippen LogP contribution in [0.1, 0.15) is 43.8 Å². The van der Waals surface area contributed by atoms with Crippen LogP contribution in [0.2, 0.25) is 5.02 Å². The van der Waals surface area contributed by atoms with Crippen LogP contribution in [0.4, 0.5) is 0 Å². The van der Waals surface area contributed by atoms with Gasteiger partial charge in [0.15, 0.2) is 11.5 Å². The predicted molar refractivity (Wildman–Crippen MR) is 109 cm³/mol. The lowest BCUT2D eigenvalue weighted by atomic mass is 9.94. The Morgan fingerprint density at radius 3 is 2.50 bits per heavy atom. The van der Waals surface area contributed by atoms with Gasteiger partial charge in [0.05, 0.1) is 34.9 Å². The van der Waals surface area contributed by atoms with Crippen molar-refractivity contribution in [2.75, 3.05) is 13.2 Å². The highest BCUT2D eigenvalue weighted by atomic mass is 35.5. The van der Waals surface area contributed by atoms with E-state index >= 15 is 0 Å². The van der Waals surface area contributed by atoms with Crippen molar-refractivity contribution in [2.24, 2.45) is 11.8 Å². The molecule has 0 spiro atoms. The second-order valence-corrected chi connectivity index (χ2v) is 8.08. The minimum atomic E-state index is -0.243. The van der Waals surface area contributed by atoms with Crippen LogP contribution >= 0.6 is 11.6 Å². The highest BCUT2D eigenvalue weighted by molar-refractivity contribution is 6.31. The first-order chi connectivity index (χ1) is 13.3. The first-order valence-corrected chi connectivity index (χ1v) is 10.0. The molecule has 0 saturated carbocycles. The largest absolute Gasteiger partial charge is 0.486 e. The molecule has 6 nitrogen and oxygen atoms in total. The molecule has 1 aliphatic rings. The summed E-state index contributed by atoms with van der Waals surface area (Å²) in [6.45, 7) is 11.5. The second-order valence-electron chi connectivity index (χ2n) is 7.70. The molecular formula is C21H28ClN3O3. The van der Waals surface area contributed by atoms with Crippen LogP contribution in [0, 0.1) is 25.7 Å². The molecule has 0 aliphatic carbocycles. The molecule has 7 heteroatoms. The lowest BCUT2D eigenvalue weighted by molar-refractivity contribution is -0.126. The number of nitrogens with zero attached hydrogens (tertiary/aromatic N) is 2. The molecule has 1 aromatic heterocycles. The maximum atomic E-state index is 12.9. The van der Waals surface area contributed by atoms with Crippen LogP contribution in [0.15, 0.2) is 18.2 Å². The summed E-state index contributed by atoms with van der Waals surface area (Å²) >= 11 is 6.22. The molecule has 2 heterocycles. The normalized spacial score (nSPS) is 15.4. The summed E-state index contributed by atoms with van der Waals surface area (Å²) in [5.41, 5.74) is 2.67. The lowest BCUT2D eigenvalue weighted by Gasteiger charge is -2.26. The van der Waals surface area contributed by atoms with Crippen molar-refractivity contribution in [1.82, 2.24) is 15.1 Å². The Balaban J connectivity index is 1.73.